The summed E-state index contributed by atoms with van der Waals surface area (Å²) < 4.78 is 16.8. The lowest BCUT2D eigenvalue weighted by Crippen LogP contribution is -2.34. The first-order valence-corrected chi connectivity index (χ1v) is 9.54. The lowest BCUT2D eigenvalue weighted by molar-refractivity contribution is -0.123. The van der Waals surface area contributed by atoms with Crippen molar-refractivity contribution in [1.82, 2.24) is 10.3 Å². The smallest absolute Gasteiger partial charge is 0.258 e. The molecule has 0 spiro atoms. The molecular formula is C23H22N2O4. The predicted molar refractivity (Wildman–Crippen MR) is 108 cm³/mol. The molecule has 0 saturated carbocycles. The molecule has 0 fully saturated rings. The van der Waals surface area contributed by atoms with E-state index in [1.54, 1.807) is 18.3 Å². The molecule has 1 atom stereocenters. The van der Waals surface area contributed by atoms with Gasteiger partial charge in [0.2, 0.25) is 5.88 Å². The number of ether oxygens (including phenoxy) is 3. The number of pyridine rings is 1. The van der Waals surface area contributed by atoms with E-state index in [1.165, 1.54) is 0 Å². The van der Waals surface area contributed by atoms with Crippen molar-refractivity contribution in [2.24, 2.45) is 0 Å². The first-order chi connectivity index (χ1) is 14.3. The predicted octanol–water partition coefficient (Wildman–Crippen LogP) is 3.33. The third-order valence-electron chi connectivity index (χ3n) is 4.58. The Balaban J connectivity index is 1.49. The average Bonchev–Trinajstić information content (AvgIpc) is 2.78. The Bertz CT molecular complexity index is 948. The van der Waals surface area contributed by atoms with Crippen molar-refractivity contribution in [1.29, 1.82) is 0 Å². The molecule has 2 heterocycles. The zero-order valence-corrected chi connectivity index (χ0v) is 15.9. The number of fused-ring (bicyclic) bond motifs is 1. The number of hydrogen-bond donors (Lipinski definition) is 1. The van der Waals surface area contributed by atoms with Crippen LogP contribution >= 0.6 is 0 Å². The maximum atomic E-state index is 12.6. The van der Waals surface area contributed by atoms with Gasteiger partial charge in [0.25, 0.3) is 5.91 Å². The SMILES string of the molecule is O=C(COc1ccccn1)NC(Cc1ccccc1)c1ccc2c(c1)OCCO2. The van der Waals surface area contributed by atoms with Gasteiger partial charge in [0.05, 0.1) is 6.04 Å². The van der Waals surface area contributed by atoms with Gasteiger partial charge < -0.3 is 19.5 Å². The molecule has 1 aliphatic rings. The second kappa shape index (κ2) is 9.10. The highest BCUT2D eigenvalue weighted by molar-refractivity contribution is 5.78. The van der Waals surface area contributed by atoms with Crippen molar-refractivity contribution < 1.29 is 19.0 Å². The summed E-state index contributed by atoms with van der Waals surface area (Å²) in [6.07, 6.45) is 2.27. The summed E-state index contributed by atoms with van der Waals surface area (Å²) in [4.78, 5) is 16.6. The Labute approximate surface area is 169 Å². The highest BCUT2D eigenvalue weighted by atomic mass is 16.6. The number of amides is 1. The van der Waals surface area contributed by atoms with E-state index in [2.05, 4.69) is 10.3 Å². The van der Waals surface area contributed by atoms with Crippen LogP contribution in [0.5, 0.6) is 17.4 Å². The Morgan fingerprint density at radius 1 is 1.00 bits per heavy atom. The number of rotatable bonds is 7. The minimum absolute atomic E-state index is 0.104. The zero-order chi connectivity index (χ0) is 19.9. The van der Waals surface area contributed by atoms with E-state index in [-0.39, 0.29) is 18.6 Å². The molecular weight excluding hydrogens is 368 g/mol. The van der Waals surface area contributed by atoms with Gasteiger partial charge in [-0.25, -0.2) is 4.98 Å². The largest absolute Gasteiger partial charge is 0.486 e. The molecule has 0 saturated heterocycles. The Kier molecular flexibility index (Phi) is 5.90. The lowest BCUT2D eigenvalue weighted by atomic mass is 9.98. The van der Waals surface area contributed by atoms with E-state index in [0.29, 0.717) is 31.3 Å². The van der Waals surface area contributed by atoms with Crippen LogP contribution in [0.3, 0.4) is 0 Å². The van der Waals surface area contributed by atoms with Crippen LogP contribution in [-0.2, 0) is 11.2 Å². The number of carbonyl (C=O) groups is 1. The highest BCUT2D eigenvalue weighted by Crippen LogP contribution is 2.33. The van der Waals surface area contributed by atoms with Gasteiger partial charge in [-0.3, -0.25) is 4.79 Å². The Morgan fingerprint density at radius 2 is 1.79 bits per heavy atom. The van der Waals surface area contributed by atoms with Crippen LogP contribution in [-0.4, -0.2) is 30.7 Å². The number of aromatic nitrogens is 1. The van der Waals surface area contributed by atoms with Gasteiger partial charge in [-0.1, -0.05) is 42.5 Å². The second-order valence-corrected chi connectivity index (χ2v) is 6.67. The summed E-state index contributed by atoms with van der Waals surface area (Å²) in [6, 6.07) is 20.9. The molecule has 6 nitrogen and oxygen atoms in total. The first kappa shape index (κ1) is 18.8. The number of benzene rings is 2. The number of nitrogens with one attached hydrogen (secondary N) is 1. The van der Waals surface area contributed by atoms with Gasteiger partial charge >= 0.3 is 0 Å². The van der Waals surface area contributed by atoms with E-state index in [0.717, 1.165) is 16.9 Å². The summed E-state index contributed by atoms with van der Waals surface area (Å²) >= 11 is 0. The van der Waals surface area contributed by atoms with Crippen molar-refractivity contribution >= 4 is 5.91 Å². The van der Waals surface area contributed by atoms with E-state index in [4.69, 9.17) is 14.2 Å². The van der Waals surface area contributed by atoms with E-state index < -0.39 is 0 Å². The van der Waals surface area contributed by atoms with Gasteiger partial charge in [0.15, 0.2) is 18.1 Å². The minimum Gasteiger partial charge on any atom is -0.486 e. The van der Waals surface area contributed by atoms with Gasteiger partial charge in [0, 0.05) is 12.3 Å². The van der Waals surface area contributed by atoms with Gasteiger partial charge in [-0.15, -0.1) is 0 Å². The molecule has 1 aliphatic heterocycles. The molecule has 1 amide bonds. The summed E-state index contributed by atoms with van der Waals surface area (Å²) in [7, 11) is 0. The van der Waals surface area contributed by atoms with Crippen molar-refractivity contribution in [3.05, 3.63) is 84.1 Å². The van der Waals surface area contributed by atoms with Crippen molar-refractivity contribution in [2.75, 3.05) is 19.8 Å². The summed E-state index contributed by atoms with van der Waals surface area (Å²) in [5.74, 6) is 1.63. The third-order valence-corrected chi connectivity index (χ3v) is 4.58. The first-order valence-electron chi connectivity index (χ1n) is 9.54. The maximum absolute atomic E-state index is 12.6. The molecule has 1 aromatic heterocycles. The molecule has 2 aromatic carbocycles. The molecule has 1 N–H and O–H groups in total. The van der Waals surface area contributed by atoms with Gasteiger partial charge in [-0.2, -0.15) is 0 Å². The van der Waals surface area contributed by atoms with Crippen molar-refractivity contribution in [2.45, 2.75) is 12.5 Å². The van der Waals surface area contributed by atoms with E-state index in [9.17, 15) is 4.79 Å². The van der Waals surface area contributed by atoms with E-state index in [1.807, 2.05) is 54.6 Å². The van der Waals surface area contributed by atoms with E-state index >= 15 is 0 Å². The van der Waals surface area contributed by atoms with Crippen molar-refractivity contribution in [3.8, 4) is 17.4 Å². The molecule has 148 valence electrons. The number of carbonyl (C=O) groups excluding carboxylic acids is 1. The normalized spacial score (nSPS) is 13.4. The van der Waals surface area contributed by atoms with Crippen LogP contribution < -0.4 is 19.5 Å². The Morgan fingerprint density at radius 3 is 2.59 bits per heavy atom. The fraction of sp³-hybridized carbons (Fsp3) is 0.217. The monoisotopic (exact) mass is 390 g/mol. The molecule has 0 radical (unpaired) electrons. The third kappa shape index (κ3) is 5.04. The molecule has 0 aliphatic carbocycles. The molecule has 4 rings (SSSR count). The van der Waals surface area contributed by atoms with Crippen LogP contribution in [0, 0.1) is 0 Å². The standard InChI is InChI=1S/C23H22N2O4/c26-22(16-29-23-8-4-5-11-24-23)25-19(14-17-6-2-1-3-7-17)18-9-10-20-21(15-18)28-13-12-27-20/h1-11,15,19H,12-14,16H2,(H,25,26). The van der Waals surface area contributed by atoms with Crippen LogP contribution in [0.1, 0.15) is 17.2 Å². The fourth-order valence-corrected chi connectivity index (χ4v) is 3.19. The zero-order valence-electron chi connectivity index (χ0n) is 15.9. The minimum atomic E-state index is -0.229. The highest BCUT2D eigenvalue weighted by Gasteiger charge is 2.19. The van der Waals surface area contributed by atoms with Crippen LogP contribution in [0.15, 0.2) is 72.9 Å². The quantitative estimate of drug-likeness (QED) is 0.670. The van der Waals surface area contributed by atoms with Crippen LogP contribution in [0.4, 0.5) is 0 Å². The molecule has 3 aromatic rings. The molecule has 6 heteroatoms. The van der Waals surface area contributed by atoms with Crippen molar-refractivity contribution in [3.63, 3.8) is 0 Å². The molecule has 0 bridgehead atoms. The molecule has 1 unspecified atom stereocenters. The number of nitrogens with zero attached hydrogens (tertiary/aromatic N) is 1. The average molecular weight is 390 g/mol. The summed E-state index contributed by atoms with van der Waals surface area (Å²) in [5.41, 5.74) is 2.07. The fourth-order valence-electron chi connectivity index (χ4n) is 3.19. The summed E-state index contributed by atoms with van der Waals surface area (Å²) in [5, 5.41) is 3.07. The van der Waals surface area contributed by atoms with Gasteiger partial charge in [-0.05, 0) is 35.7 Å². The number of hydrogen-bond acceptors (Lipinski definition) is 5. The summed E-state index contributed by atoms with van der Waals surface area (Å²) in [6.45, 7) is 0.957. The maximum Gasteiger partial charge on any atom is 0.258 e. The van der Waals surface area contributed by atoms with Crippen LogP contribution in [0.2, 0.25) is 0 Å². The van der Waals surface area contributed by atoms with Crippen LogP contribution in [0.25, 0.3) is 0 Å². The topological polar surface area (TPSA) is 69.7 Å². The Hall–Kier alpha value is -3.54. The molecule has 29 heavy (non-hydrogen) atoms. The van der Waals surface area contributed by atoms with Gasteiger partial charge in [0.1, 0.15) is 13.2 Å². The second-order valence-electron chi connectivity index (χ2n) is 6.67. The lowest BCUT2D eigenvalue weighted by Gasteiger charge is -2.23.